The summed E-state index contributed by atoms with van der Waals surface area (Å²) in [5.74, 6) is -5.66. The van der Waals surface area contributed by atoms with Crippen LogP contribution in [0.25, 0.3) is 0 Å². The van der Waals surface area contributed by atoms with E-state index in [1.54, 1.807) is 27.7 Å². The topological polar surface area (TPSA) is 131 Å². The lowest BCUT2D eigenvalue weighted by Gasteiger charge is -2.32. The van der Waals surface area contributed by atoms with Crippen LogP contribution in [0.2, 0.25) is 0 Å². The summed E-state index contributed by atoms with van der Waals surface area (Å²) >= 11 is 0. The summed E-state index contributed by atoms with van der Waals surface area (Å²) in [7, 11) is 0. The van der Waals surface area contributed by atoms with Gasteiger partial charge in [0.25, 0.3) is 0 Å². The molecule has 0 aliphatic heterocycles. The lowest BCUT2D eigenvalue weighted by molar-refractivity contribution is -0.155. The summed E-state index contributed by atoms with van der Waals surface area (Å²) in [6.07, 6.45) is -2.75. The summed E-state index contributed by atoms with van der Waals surface area (Å²) in [6, 6.07) is -1.10. The minimum atomic E-state index is -1.77. The number of rotatable bonds is 6. The van der Waals surface area contributed by atoms with Crippen LogP contribution in [0.4, 0.5) is 9.18 Å². The zero-order valence-corrected chi connectivity index (χ0v) is 16.6. The summed E-state index contributed by atoms with van der Waals surface area (Å²) in [6.45, 7) is 7.90. The highest BCUT2D eigenvalue weighted by Crippen LogP contribution is 2.63. The molecule has 2 fully saturated rings. The fraction of sp³-hybridized carbons (Fsp3) is 0.778. The molecule has 158 valence electrons. The second-order valence-corrected chi connectivity index (χ2v) is 8.24. The number of hydrogen-bond donors (Lipinski definition) is 3. The fourth-order valence-electron chi connectivity index (χ4n) is 3.86. The molecule has 0 spiro atoms. The number of esters is 1. The predicted molar refractivity (Wildman–Crippen MR) is 94.0 cm³/mol. The molecule has 3 unspecified atom stereocenters. The molecule has 9 nitrogen and oxygen atoms in total. The number of alkyl halides is 1. The van der Waals surface area contributed by atoms with Gasteiger partial charge in [-0.3, -0.25) is 9.59 Å². The SMILES string of the molecule is CCOC(=O)C1(NC(=O)[C@H](C)NC(=O)OC(C)(C)C)CC(F)[C@@H]2C1[C@H]2C(=O)O. The van der Waals surface area contributed by atoms with Crippen LogP contribution < -0.4 is 10.6 Å². The van der Waals surface area contributed by atoms with E-state index in [4.69, 9.17) is 9.47 Å². The number of fused-ring (bicyclic) bond motifs is 1. The smallest absolute Gasteiger partial charge is 0.408 e. The Kier molecular flexibility index (Phi) is 5.91. The molecule has 2 aliphatic rings. The summed E-state index contributed by atoms with van der Waals surface area (Å²) in [5, 5.41) is 14.1. The number of hydrogen-bond acceptors (Lipinski definition) is 6. The second-order valence-electron chi connectivity index (χ2n) is 8.24. The third-order valence-electron chi connectivity index (χ3n) is 4.98. The number of aliphatic carboxylic acids is 1. The van der Waals surface area contributed by atoms with Crippen molar-refractivity contribution in [1.82, 2.24) is 10.6 Å². The minimum absolute atomic E-state index is 0.00571. The van der Waals surface area contributed by atoms with E-state index in [1.807, 2.05) is 0 Å². The molecule has 6 atom stereocenters. The van der Waals surface area contributed by atoms with Gasteiger partial charge in [0, 0.05) is 18.3 Å². The molecule has 10 heteroatoms. The van der Waals surface area contributed by atoms with Crippen LogP contribution in [-0.2, 0) is 23.9 Å². The molecule has 0 aromatic carbocycles. The van der Waals surface area contributed by atoms with Crippen molar-refractivity contribution in [3.63, 3.8) is 0 Å². The van der Waals surface area contributed by atoms with Gasteiger partial charge in [-0.25, -0.2) is 14.0 Å². The Bertz CT molecular complexity index is 677. The predicted octanol–water partition coefficient (Wildman–Crippen LogP) is 1.01. The molecule has 0 aromatic heterocycles. The highest BCUT2D eigenvalue weighted by Gasteiger charge is 2.76. The van der Waals surface area contributed by atoms with Crippen LogP contribution in [0.3, 0.4) is 0 Å². The summed E-state index contributed by atoms with van der Waals surface area (Å²) in [4.78, 5) is 48.4. The molecule has 2 aliphatic carbocycles. The van der Waals surface area contributed by atoms with Crippen molar-refractivity contribution < 1.29 is 38.1 Å². The van der Waals surface area contributed by atoms with Crippen molar-refractivity contribution in [2.45, 2.75) is 64.4 Å². The molecule has 2 rings (SSSR count). The molecule has 0 saturated heterocycles. The molecule has 2 saturated carbocycles. The maximum absolute atomic E-state index is 14.4. The first kappa shape index (κ1) is 21.9. The Morgan fingerprint density at radius 2 is 1.89 bits per heavy atom. The van der Waals surface area contributed by atoms with Gasteiger partial charge in [-0.05, 0) is 34.6 Å². The van der Waals surface area contributed by atoms with Crippen molar-refractivity contribution in [3.8, 4) is 0 Å². The minimum Gasteiger partial charge on any atom is -0.481 e. The first-order valence-electron chi connectivity index (χ1n) is 9.19. The monoisotopic (exact) mass is 402 g/mol. The number of ether oxygens (including phenoxy) is 2. The lowest BCUT2D eigenvalue weighted by Crippen LogP contribution is -2.61. The molecule has 0 aromatic rings. The van der Waals surface area contributed by atoms with E-state index in [-0.39, 0.29) is 13.0 Å². The zero-order chi connectivity index (χ0) is 21.4. The van der Waals surface area contributed by atoms with Gasteiger partial charge in [0.2, 0.25) is 5.91 Å². The van der Waals surface area contributed by atoms with Crippen LogP contribution in [0.5, 0.6) is 0 Å². The normalized spacial score (nSPS) is 31.9. The molecular weight excluding hydrogens is 375 g/mol. The molecule has 0 heterocycles. The van der Waals surface area contributed by atoms with Gasteiger partial charge in [0.1, 0.15) is 23.4 Å². The average Bonchev–Trinajstić information content (AvgIpc) is 3.22. The Labute approximate surface area is 162 Å². The molecule has 0 bridgehead atoms. The van der Waals surface area contributed by atoms with Gasteiger partial charge in [-0.2, -0.15) is 0 Å². The standard InChI is InChI=1S/C18H27FN2O7/c1-6-27-15(25)18(7-9(19)10-11(12(10)18)14(23)24)21-13(22)8(2)20-16(26)28-17(3,4)5/h8-12H,6-7H2,1-5H3,(H,20,26)(H,21,22)(H,23,24)/t8-,9?,10-,11-,12?,18?/m0/s1. The van der Waals surface area contributed by atoms with E-state index in [0.717, 1.165) is 0 Å². The number of alkyl carbamates (subject to hydrolysis) is 1. The van der Waals surface area contributed by atoms with E-state index in [2.05, 4.69) is 10.6 Å². The Morgan fingerprint density at radius 3 is 2.36 bits per heavy atom. The third kappa shape index (κ3) is 4.20. The number of carboxylic acid groups (broad SMARTS) is 1. The van der Waals surface area contributed by atoms with Gasteiger partial charge in [0.15, 0.2) is 0 Å². The Hall–Kier alpha value is -2.39. The van der Waals surface area contributed by atoms with Crippen molar-refractivity contribution in [2.24, 2.45) is 17.8 Å². The van der Waals surface area contributed by atoms with Gasteiger partial charge in [0.05, 0.1) is 12.5 Å². The van der Waals surface area contributed by atoms with Crippen molar-refractivity contribution in [1.29, 1.82) is 0 Å². The van der Waals surface area contributed by atoms with Crippen LogP contribution in [-0.4, -0.2) is 59.0 Å². The van der Waals surface area contributed by atoms with Gasteiger partial charge in [-0.1, -0.05) is 0 Å². The largest absolute Gasteiger partial charge is 0.481 e. The van der Waals surface area contributed by atoms with Crippen LogP contribution in [0, 0.1) is 17.8 Å². The van der Waals surface area contributed by atoms with E-state index < -0.39 is 65.0 Å². The number of carbonyl (C=O) groups is 4. The maximum Gasteiger partial charge on any atom is 0.408 e. The molecule has 28 heavy (non-hydrogen) atoms. The van der Waals surface area contributed by atoms with Gasteiger partial charge >= 0.3 is 18.0 Å². The molecule has 2 amide bonds. The molecular formula is C18H27FN2O7. The van der Waals surface area contributed by atoms with Gasteiger partial charge in [-0.15, -0.1) is 0 Å². The van der Waals surface area contributed by atoms with Crippen molar-refractivity contribution >= 4 is 23.9 Å². The van der Waals surface area contributed by atoms with Crippen molar-refractivity contribution in [3.05, 3.63) is 0 Å². The number of amides is 2. The van der Waals surface area contributed by atoms with E-state index in [9.17, 15) is 28.7 Å². The Morgan fingerprint density at radius 1 is 1.29 bits per heavy atom. The highest BCUT2D eigenvalue weighted by molar-refractivity contribution is 5.94. The van der Waals surface area contributed by atoms with Crippen LogP contribution in [0.15, 0.2) is 0 Å². The van der Waals surface area contributed by atoms with Crippen molar-refractivity contribution in [2.75, 3.05) is 6.61 Å². The summed E-state index contributed by atoms with van der Waals surface area (Å²) < 4.78 is 24.5. The maximum atomic E-state index is 14.4. The van der Waals surface area contributed by atoms with E-state index in [0.29, 0.717) is 0 Å². The summed E-state index contributed by atoms with van der Waals surface area (Å²) in [5.41, 5.74) is -2.54. The average molecular weight is 402 g/mol. The molecule has 3 N–H and O–H groups in total. The fourth-order valence-corrected chi connectivity index (χ4v) is 3.86. The zero-order valence-electron chi connectivity index (χ0n) is 16.6. The number of halogens is 1. The van der Waals surface area contributed by atoms with E-state index in [1.165, 1.54) is 6.92 Å². The van der Waals surface area contributed by atoms with Crippen LogP contribution >= 0.6 is 0 Å². The molecule has 0 radical (unpaired) electrons. The number of carboxylic acids is 1. The first-order chi connectivity index (χ1) is 12.8. The second kappa shape index (κ2) is 7.56. The third-order valence-corrected chi connectivity index (χ3v) is 4.98. The number of nitrogens with one attached hydrogen (secondary N) is 2. The first-order valence-corrected chi connectivity index (χ1v) is 9.19. The Balaban J connectivity index is 2.16. The quantitative estimate of drug-likeness (QED) is 0.565. The van der Waals surface area contributed by atoms with Gasteiger partial charge < -0.3 is 25.2 Å². The lowest BCUT2D eigenvalue weighted by atomic mass is 9.89. The highest BCUT2D eigenvalue weighted by atomic mass is 19.1. The van der Waals surface area contributed by atoms with Crippen LogP contribution in [0.1, 0.15) is 41.0 Å². The number of carbonyl (C=O) groups excluding carboxylic acids is 3. The van der Waals surface area contributed by atoms with E-state index >= 15 is 0 Å².